The Hall–Kier alpha value is -4.74. The molecule has 12 heteroatoms. The van der Waals surface area contributed by atoms with E-state index in [-0.39, 0.29) is 17.6 Å². The number of alkyl carbamates (subject to hydrolysis) is 1. The Morgan fingerprint density at radius 1 is 1.12 bits per heavy atom. The molecule has 0 radical (unpaired) electrons. The molecular formula is C31H36FN5O6. The largest absolute Gasteiger partial charge is 0.481 e. The van der Waals surface area contributed by atoms with E-state index in [0.29, 0.717) is 24.6 Å². The van der Waals surface area contributed by atoms with E-state index >= 15 is 0 Å². The molecule has 0 bridgehead atoms. The van der Waals surface area contributed by atoms with E-state index in [1.54, 1.807) is 45.0 Å². The number of carboxylic acids is 1. The molecule has 0 fully saturated rings. The van der Waals surface area contributed by atoms with Crippen LogP contribution in [0.1, 0.15) is 62.5 Å². The van der Waals surface area contributed by atoms with Gasteiger partial charge in [0.1, 0.15) is 29.0 Å². The highest BCUT2D eigenvalue weighted by Gasteiger charge is 2.30. The van der Waals surface area contributed by atoms with Gasteiger partial charge < -0.3 is 30.1 Å². The minimum absolute atomic E-state index is 0.0752. The number of carboxylic acid groups (broad SMARTS) is 1. The van der Waals surface area contributed by atoms with Crippen molar-refractivity contribution in [3.8, 4) is 5.75 Å². The van der Waals surface area contributed by atoms with Crippen molar-refractivity contribution in [3.63, 3.8) is 0 Å². The van der Waals surface area contributed by atoms with Gasteiger partial charge in [0.05, 0.1) is 12.5 Å². The Labute approximate surface area is 249 Å². The molecule has 2 atom stereocenters. The number of carbonyl (C=O) groups excluding carboxylic acids is 2. The van der Waals surface area contributed by atoms with Crippen LogP contribution in [0.4, 0.5) is 26.6 Å². The number of aryl methyl sites for hydroxylation is 1. The fourth-order valence-corrected chi connectivity index (χ4v) is 4.78. The summed E-state index contributed by atoms with van der Waals surface area (Å²) in [5, 5.41) is 14.7. The summed E-state index contributed by atoms with van der Waals surface area (Å²) in [6.45, 7) is 11.5. The number of nitrogens with one attached hydrogen (secondary N) is 2. The molecule has 3 N–H and O–H groups in total. The van der Waals surface area contributed by atoms with Crippen molar-refractivity contribution in [1.82, 2.24) is 15.3 Å². The van der Waals surface area contributed by atoms with E-state index in [4.69, 9.17) is 14.5 Å². The van der Waals surface area contributed by atoms with Gasteiger partial charge >= 0.3 is 18.0 Å². The highest BCUT2D eigenvalue weighted by molar-refractivity contribution is 5.87. The van der Waals surface area contributed by atoms with Crippen LogP contribution in [0.25, 0.3) is 0 Å². The number of nitrogens with zero attached hydrogens (tertiary/aromatic N) is 3. The van der Waals surface area contributed by atoms with Gasteiger partial charge in [0, 0.05) is 23.5 Å². The number of rotatable bonds is 8. The number of fused-ring (bicyclic) bond motifs is 1. The van der Waals surface area contributed by atoms with E-state index < -0.39 is 36.1 Å². The van der Waals surface area contributed by atoms with Gasteiger partial charge in [-0.15, -0.1) is 0 Å². The number of hydrogen-bond donors (Lipinski definition) is 3. The number of ether oxygens (including phenoxy) is 2. The monoisotopic (exact) mass is 593 g/mol. The van der Waals surface area contributed by atoms with Crippen molar-refractivity contribution in [2.75, 3.05) is 16.8 Å². The van der Waals surface area contributed by atoms with Crippen molar-refractivity contribution in [3.05, 3.63) is 70.7 Å². The molecule has 4 rings (SSSR count). The maximum atomic E-state index is 13.3. The van der Waals surface area contributed by atoms with Gasteiger partial charge in [0.25, 0.3) is 0 Å². The second-order valence-corrected chi connectivity index (χ2v) is 11.4. The Balaban J connectivity index is 1.51. The van der Waals surface area contributed by atoms with E-state index in [0.717, 1.165) is 28.2 Å². The molecular weight excluding hydrogens is 557 g/mol. The average Bonchev–Trinajstić information content (AvgIpc) is 2.90. The Kier molecular flexibility index (Phi) is 9.17. The first kappa shape index (κ1) is 31.2. The minimum atomic E-state index is -1.43. The fraction of sp³-hybridized carbons (Fsp3) is 0.387. The summed E-state index contributed by atoms with van der Waals surface area (Å²) in [7, 11) is 0. The normalized spacial score (nSPS) is 15.2. The highest BCUT2D eigenvalue weighted by Crippen LogP contribution is 2.36. The van der Waals surface area contributed by atoms with Gasteiger partial charge in [-0.25, -0.2) is 19.0 Å². The first-order valence-electron chi connectivity index (χ1n) is 13.9. The minimum Gasteiger partial charge on any atom is -0.481 e. The molecule has 43 heavy (non-hydrogen) atoms. The van der Waals surface area contributed by atoms with Crippen LogP contribution < -0.4 is 20.3 Å². The van der Waals surface area contributed by atoms with Crippen LogP contribution in [0.15, 0.2) is 42.5 Å². The molecule has 0 spiro atoms. The van der Waals surface area contributed by atoms with Crippen LogP contribution in [-0.4, -0.2) is 51.3 Å². The lowest BCUT2D eigenvalue weighted by atomic mass is 9.93. The second kappa shape index (κ2) is 12.6. The topological polar surface area (TPSA) is 143 Å². The molecule has 0 saturated carbocycles. The number of halogens is 1. The first-order chi connectivity index (χ1) is 20.2. The third kappa shape index (κ3) is 7.97. The Morgan fingerprint density at radius 3 is 2.47 bits per heavy atom. The van der Waals surface area contributed by atoms with Crippen molar-refractivity contribution in [2.24, 2.45) is 0 Å². The first-order valence-corrected chi connectivity index (χ1v) is 13.9. The molecule has 1 amide bonds. The summed E-state index contributed by atoms with van der Waals surface area (Å²) >= 11 is 0. The van der Waals surface area contributed by atoms with E-state index in [2.05, 4.69) is 27.4 Å². The van der Waals surface area contributed by atoms with Crippen molar-refractivity contribution in [1.29, 1.82) is 0 Å². The molecule has 1 aliphatic rings. The maximum absolute atomic E-state index is 13.3. The molecule has 2 aromatic carbocycles. The van der Waals surface area contributed by atoms with Crippen LogP contribution in [0.3, 0.4) is 0 Å². The lowest BCUT2D eigenvalue weighted by molar-refractivity contribution is -0.144. The van der Waals surface area contributed by atoms with Gasteiger partial charge in [-0.2, -0.15) is 4.98 Å². The second-order valence-electron chi connectivity index (χ2n) is 11.4. The molecule has 0 saturated heterocycles. The Bertz CT molecular complexity index is 1520. The summed E-state index contributed by atoms with van der Waals surface area (Å²) in [5.41, 5.74) is 3.58. The van der Waals surface area contributed by atoms with Crippen LogP contribution in [0, 0.1) is 19.7 Å². The summed E-state index contributed by atoms with van der Waals surface area (Å²) < 4.78 is 24.0. The number of anilines is 3. The van der Waals surface area contributed by atoms with Crippen LogP contribution in [0.2, 0.25) is 0 Å². The molecule has 1 aliphatic heterocycles. The van der Waals surface area contributed by atoms with Crippen molar-refractivity contribution < 1.29 is 33.4 Å². The molecule has 11 nitrogen and oxygen atoms in total. The predicted molar refractivity (Wildman–Crippen MR) is 158 cm³/mol. The van der Waals surface area contributed by atoms with Gasteiger partial charge in [-0.3, -0.25) is 4.79 Å². The number of aromatic nitrogens is 2. The molecule has 0 aliphatic carbocycles. The van der Waals surface area contributed by atoms with Gasteiger partial charge in [0.15, 0.2) is 0 Å². The average molecular weight is 594 g/mol. The van der Waals surface area contributed by atoms with Crippen LogP contribution >= 0.6 is 0 Å². The number of esters is 1. The van der Waals surface area contributed by atoms with Crippen LogP contribution in [0.5, 0.6) is 5.75 Å². The molecule has 2 unspecified atom stereocenters. The van der Waals surface area contributed by atoms with Gasteiger partial charge in [-0.1, -0.05) is 6.07 Å². The van der Waals surface area contributed by atoms with E-state index in [1.165, 1.54) is 12.1 Å². The third-order valence-corrected chi connectivity index (χ3v) is 6.96. The number of amides is 1. The van der Waals surface area contributed by atoms with Crippen molar-refractivity contribution in [2.45, 2.75) is 72.1 Å². The lowest BCUT2D eigenvalue weighted by Gasteiger charge is -2.37. The smallest absolute Gasteiger partial charge is 0.408 e. The number of aliphatic carboxylic acids is 1. The molecule has 228 valence electrons. The number of benzene rings is 2. The fourth-order valence-electron chi connectivity index (χ4n) is 4.78. The quantitative estimate of drug-likeness (QED) is 0.230. The number of carbonyl (C=O) groups is 3. The van der Waals surface area contributed by atoms with Crippen molar-refractivity contribution >= 4 is 35.5 Å². The standard InChI is InChI=1S/C31H36FN5O6/c1-17-18(2)33-29(34-22-9-7-21(32)8-10-22)36-27(17)37-14-13-20-15-23(11-12-24(20)19(37)3)42-28(40)25(16-26(38)39)35-30(41)43-31(4,5)6/h7-12,15,19,25H,13-14,16H2,1-6H3,(H,35,41)(H,38,39)(H,33,34,36). The summed E-state index contributed by atoms with van der Waals surface area (Å²) in [5.74, 6) is -1.10. The van der Waals surface area contributed by atoms with Gasteiger partial charge in [-0.05, 0) is 95.5 Å². The van der Waals surface area contributed by atoms with E-state index in [1.807, 2.05) is 19.9 Å². The van der Waals surface area contributed by atoms with Gasteiger partial charge in [0.2, 0.25) is 5.95 Å². The zero-order chi connectivity index (χ0) is 31.5. The van der Waals surface area contributed by atoms with E-state index in [9.17, 15) is 23.9 Å². The summed E-state index contributed by atoms with van der Waals surface area (Å²) in [4.78, 5) is 47.9. The summed E-state index contributed by atoms with van der Waals surface area (Å²) in [6, 6.07) is 9.72. The zero-order valence-corrected chi connectivity index (χ0v) is 25.0. The summed E-state index contributed by atoms with van der Waals surface area (Å²) in [6.07, 6.45) is -0.949. The molecule has 3 aromatic rings. The Morgan fingerprint density at radius 2 is 1.81 bits per heavy atom. The van der Waals surface area contributed by atoms with Crippen LogP contribution in [-0.2, 0) is 20.7 Å². The SMILES string of the molecule is Cc1nc(Nc2ccc(F)cc2)nc(N2CCc3cc(OC(=O)C(CC(=O)O)NC(=O)OC(C)(C)C)ccc3C2C)c1C. The lowest BCUT2D eigenvalue weighted by Crippen LogP contribution is -2.46. The molecule has 1 aromatic heterocycles. The highest BCUT2D eigenvalue weighted by atomic mass is 19.1. The number of hydrogen-bond acceptors (Lipinski definition) is 9. The molecule has 2 heterocycles. The predicted octanol–water partition coefficient (Wildman–Crippen LogP) is 5.37. The third-order valence-electron chi connectivity index (χ3n) is 6.96. The maximum Gasteiger partial charge on any atom is 0.408 e. The zero-order valence-electron chi connectivity index (χ0n) is 25.0.